The summed E-state index contributed by atoms with van der Waals surface area (Å²) in [6, 6.07) is 0. The van der Waals surface area contributed by atoms with E-state index in [4.69, 9.17) is 0 Å². The first kappa shape index (κ1) is 9.78. The van der Waals surface area contributed by atoms with Crippen molar-refractivity contribution in [1.82, 2.24) is 5.43 Å². The van der Waals surface area contributed by atoms with E-state index in [-0.39, 0.29) is 17.0 Å². The van der Waals surface area contributed by atoms with Gasteiger partial charge >= 0.3 is 0 Å². The van der Waals surface area contributed by atoms with Gasteiger partial charge in [-0.3, -0.25) is 0 Å². The van der Waals surface area contributed by atoms with Gasteiger partial charge in [0.2, 0.25) is 5.71 Å². The summed E-state index contributed by atoms with van der Waals surface area (Å²) >= 11 is 0. The predicted molar refractivity (Wildman–Crippen MR) is 45.7 cm³/mol. The number of hydrazone groups is 1. The lowest BCUT2D eigenvalue weighted by Gasteiger charge is -2.06. The van der Waals surface area contributed by atoms with Crippen LogP contribution in [-0.2, 0) is 0 Å². The molecule has 12 heavy (non-hydrogen) atoms. The Morgan fingerprint density at radius 2 is 2.25 bits per heavy atom. The first-order chi connectivity index (χ1) is 5.47. The number of nitrogens with one attached hydrogen (secondary N) is 1. The molecular weight excluding hydrogens is 216 g/mol. The maximum Gasteiger partial charge on any atom is 0.205 e. The Hall–Kier alpha value is -0.310. The van der Waals surface area contributed by atoms with Gasteiger partial charge in [-0.2, -0.15) is 5.43 Å². The van der Waals surface area contributed by atoms with Crippen molar-refractivity contribution < 1.29 is 21.7 Å². The molecule has 0 bridgehead atoms. The van der Waals surface area contributed by atoms with E-state index in [1.807, 2.05) is 0 Å². The van der Waals surface area contributed by atoms with Crippen LogP contribution in [0, 0.1) is 0 Å². The van der Waals surface area contributed by atoms with Crippen LogP contribution in [0.25, 0.3) is 0 Å². The fourth-order valence-corrected chi connectivity index (χ4v) is 1.70. The molecule has 0 spiro atoms. The molecule has 0 fully saturated rings. The van der Waals surface area contributed by atoms with Crippen molar-refractivity contribution in [2.45, 2.75) is 25.7 Å². The van der Waals surface area contributed by atoms with E-state index in [2.05, 4.69) is 22.3 Å². The van der Waals surface area contributed by atoms with E-state index < -0.39 is 0 Å². The Labute approximate surface area is 84.1 Å². The number of halogens is 1. The normalized spacial score (nSPS) is 22.0. The summed E-state index contributed by atoms with van der Waals surface area (Å²) < 4.78 is 2.31. The molecule has 2 aliphatic rings. The van der Waals surface area contributed by atoms with Gasteiger partial charge in [-0.25, -0.2) is 0 Å². The van der Waals surface area contributed by atoms with Crippen molar-refractivity contribution in [3.05, 3.63) is 12.2 Å². The minimum atomic E-state index is 0. The summed E-state index contributed by atoms with van der Waals surface area (Å²) in [5, 5.41) is 0. The Kier molecular flexibility index (Phi) is 3.79. The summed E-state index contributed by atoms with van der Waals surface area (Å²) in [7, 11) is 0. The Bertz CT molecular complexity index is 209. The number of hydrazine groups is 1. The molecule has 1 N–H and O–H groups in total. The van der Waals surface area contributed by atoms with Crippen molar-refractivity contribution in [2.24, 2.45) is 0 Å². The Balaban J connectivity index is 0.000000720. The van der Waals surface area contributed by atoms with Crippen molar-refractivity contribution in [3.8, 4) is 0 Å². The largest absolute Gasteiger partial charge is 1.00 e. The van der Waals surface area contributed by atoms with Gasteiger partial charge in [-0.15, -0.1) is 4.68 Å². The first-order valence-electron chi connectivity index (χ1n) is 4.50. The van der Waals surface area contributed by atoms with Crippen LogP contribution in [0.15, 0.2) is 12.2 Å². The zero-order valence-electron chi connectivity index (χ0n) is 7.22. The molecule has 0 atom stereocenters. The molecule has 0 saturated heterocycles. The molecule has 0 unspecified atom stereocenters. The lowest BCUT2D eigenvalue weighted by molar-refractivity contribution is -0.587. The standard InChI is InChI=1S/C9H15N2.BrH/c1-3-7-10-11-8-4-2-6-9(11)5-1;/h2,6,10H,1,3-5,7-8H2;1H/q+1;/p-1. The van der Waals surface area contributed by atoms with E-state index in [0.717, 1.165) is 13.1 Å². The monoisotopic (exact) mass is 230 g/mol. The molecule has 2 nitrogen and oxygen atoms in total. The number of rotatable bonds is 0. The van der Waals surface area contributed by atoms with Gasteiger partial charge in [0.1, 0.15) is 0 Å². The highest BCUT2D eigenvalue weighted by Crippen LogP contribution is 2.06. The highest BCUT2D eigenvalue weighted by molar-refractivity contribution is 5.91. The van der Waals surface area contributed by atoms with Gasteiger partial charge in [0.05, 0.1) is 6.54 Å². The molecule has 0 aromatic heterocycles. The van der Waals surface area contributed by atoms with Crippen LogP contribution in [0.3, 0.4) is 0 Å². The zero-order valence-corrected chi connectivity index (χ0v) is 8.81. The number of hydrogen-bond donors (Lipinski definition) is 1. The number of nitrogens with zero attached hydrogens (tertiary/aromatic N) is 1. The second-order valence-electron chi connectivity index (χ2n) is 3.20. The van der Waals surface area contributed by atoms with Gasteiger partial charge in [0, 0.05) is 18.9 Å². The number of hydrogen-bond acceptors (Lipinski definition) is 1. The summed E-state index contributed by atoms with van der Waals surface area (Å²) in [5.41, 5.74) is 4.91. The molecule has 3 heteroatoms. The van der Waals surface area contributed by atoms with Crippen LogP contribution < -0.4 is 22.4 Å². The third-order valence-electron chi connectivity index (χ3n) is 2.34. The second-order valence-corrected chi connectivity index (χ2v) is 3.20. The number of allylic oxidation sites excluding steroid dienone is 1. The third kappa shape index (κ3) is 2.09. The second kappa shape index (κ2) is 4.65. The molecule has 2 aliphatic heterocycles. The van der Waals surface area contributed by atoms with Gasteiger partial charge < -0.3 is 17.0 Å². The van der Waals surface area contributed by atoms with Crippen LogP contribution in [-0.4, -0.2) is 23.5 Å². The van der Waals surface area contributed by atoms with Gasteiger partial charge in [-0.05, 0) is 12.8 Å². The molecule has 68 valence electrons. The van der Waals surface area contributed by atoms with E-state index >= 15 is 0 Å². The van der Waals surface area contributed by atoms with Crippen molar-refractivity contribution in [2.75, 3.05) is 13.1 Å². The van der Waals surface area contributed by atoms with Crippen molar-refractivity contribution >= 4 is 5.71 Å². The molecule has 0 radical (unpaired) electrons. The molecule has 0 aromatic rings. The van der Waals surface area contributed by atoms with Crippen LogP contribution in [0.5, 0.6) is 0 Å². The fourth-order valence-electron chi connectivity index (χ4n) is 1.70. The Morgan fingerprint density at radius 3 is 3.17 bits per heavy atom. The molecule has 0 aromatic carbocycles. The maximum absolute atomic E-state index is 3.43. The van der Waals surface area contributed by atoms with E-state index in [9.17, 15) is 0 Å². The fraction of sp³-hybridized carbons (Fsp3) is 0.667. The summed E-state index contributed by atoms with van der Waals surface area (Å²) in [4.78, 5) is 0. The molecular formula is C9H15BrN2. The lowest BCUT2D eigenvalue weighted by atomic mass is 10.1. The summed E-state index contributed by atoms with van der Waals surface area (Å²) in [5.74, 6) is 0. The van der Waals surface area contributed by atoms with Crippen LogP contribution in [0.1, 0.15) is 25.7 Å². The molecule has 2 rings (SSSR count). The molecule has 2 heterocycles. The minimum Gasteiger partial charge on any atom is -1.00 e. The lowest BCUT2D eigenvalue weighted by Crippen LogP contribution is -3.00. The van der Waals surface area contributed by atoms with Gasteiger partial charge in [0.25, 0.3) is 0 Å². The smallest absolute Gasteiger partial charge is 0.205 e. The quantitative estimate of drug-likeness (QED) is 0.481. The topological polar surface area (TPSA) is 15.0 Å². The molecule has 0 aliphatic carbocycles. The van der Waals surface area contributed by atoms with Crippen LogP contribution in [0.4, 0.5) is 0 Å². The summed E-state index contributed by atoms with van der Waals surface area (Å²) in [6.45, 7) is 2.31. The molecule has 0 saturated carbocycles. The van der Waals surface area contributed by atoms with Crippen LogP contribution >= 0.6 is 0 Å². The molecule has 0 amide bonds. The maximum atomic E-state index is 3.43. The summed E-state index contributed by atoms with van der Waals surface area (Å²) in [6.07, 6.45) is 9.64. The third-order valence-corrected chi connectivity index (χ3v) is 2.34. The minimum absolute atomic E-state index is 0. The van der Waals surface area contributed by atoms with Crippen molar-refractivity contribution in [1.29, 1.82) is 0 Å². The highest BCUT2D eigenvalue weighted by Gasteiger charge is 2.17. The van der Waals surface area contributed by atoms with Crippen molar-refractivity contribution in [3.63, 3.8) is 0 Å². The van der Waals surface area contributed by atoms with Gasteiger partial charge in [0.15, 0.2) is 6.54 Å². The van der Waals surface area contributed by atoms with E-state index in [0.29, 0.717) is 0 Å². The first-order valence-corrected chi connectivity index (χ1v) is 4.50. The predicted octanol–water partition coefficient (Wildman–Crippen LogP) is -1.91. The van der Waals surface area contributed by atoms with Gasteiger partial charge in [-0.1, -0.05) is 6.08 Å². The van der Waals surface area contributed by atoms with E-state index in [1.54, 1.807) is 0 Å². The highest BCUT2D eigenvalue weighted by atomic mass is 79.9. The SMILES string of the molecule is C1=CC2=[N+](CC1)NCCCC2.[Br-]. The van der Waals surface area contributed by atoms with E-state index in [1.165, 1.54) is 31.4 Å². The average Bonchev–Trinajstić information content (AvgIpc) is 2.28. The Morgan fingerprint density at radius 1 is 1.33 bits per heavy atom. The average molecular weight is 231 g/mol. The zero-order chi connectivity index (χ0) is 7.52. The van der Waals surface area contributed by atoms with Crippen LogP contribution in [0.2, 0.25) is 0 Å².